The number of carbonyl (C=O) groups is 1. The molecule has 1 heterocycles. The van der Waals surface area contributed by atoms with Gasteiger partial charge in [0.2, 0.25) is 6.79 Å². The van der Waals surface area contributed by atoms with Gasteiger partial charge in [0.05, 0.1) is 11.2 Å². The van der Waals surface area contributed by atoms with Crippen LogP contribution in [0.5, 0.6) is 11.5 Å². The molecule has 0 saturated carbocycles. The van der Waals surface area contributed by atoms with Crippen molar-refractivity contribution in [3.63, 3.8) is 0 Å². The number of oxime groups is 1. The lowest BCUT2D eigenvalue weighted by atomic mass is 10.2. The van der Waals surface area contributed by atoms with E-state index in [1.807, 2.05) is 0 Å². The number of nitrogens with zero attached hydrogens (tertiary/aromatic N) is 1. The summed E-state index contributed by atoms with van der Waals surface area (Å²) >= 11 is 5.63. The van der Waals surface area contributed by atoms with E-state index in [1.54, 1.807) is 18.2 Å². The first kappa shape index (κ1) is 16.1. The van der Waals surface area contributed by atoms with E-state index in [-0.39, 0.29) is 18.4 Å². The molecule has 1 N–H and O–H groups in total. The third kappa shape index (κ3) is 3.94. The van der Waals surface area contributed by atoms with E-state index in [1.165, 1.54) is 18.3 Å². The Kier molecular flexibility index (Phi) is 4.81. The highest BCUT2D eigenvalue weighted by atomic mass is 35.5. The Balaban J connectivity index is 1.48. The second-order valence-corrected chi connectivity index (χ2v) is 5.20. The van der Waals surface area contributed by atoms with Crippen molar-refractivity contribution in [2.45, 2.75) is 0 Å². The zero-order valence-corrected chi connectivity index (χ0v) is 13.0. The summed E-state index contributed by atoms with van der Waals surface area (Å²) in [6.45, 7) is -0.101. The van der Waals surface area contributed by atoms with Gasteiger partial charge in [-0.15, -0.1) is 0 Å². The van der Waals surface area contributed by atoms with Gasteiger partial charge in [0.15, 0.2) is 18.1 Å². The molecule has 0 radical (unpaired) electrons. The van der Waals surface area contributed by atoms with Crippen molar-refractivity contribution in [1.82, 2.24) is 0 Å². The molecule has 0 unspecified atom stereocenters. The van der Waals surface area contributed by atoms with Crippen LogP contribution in [0.2, 0.25) is 5.02 Å². The third-order valence-corrected chi connectivity index (χ3v) is 3.36. The molecule has 8 heteroatoms. The van der Waals surface area contributed by atoms with Gasteiger partial charge in [-0.2, -0.15) is 0 Å². The Morgan fingerprint density at radius 3 is 2.96 bits per heavy atom. The molecule has 3 rings (SSSR count). The SMILES string of the molecule is O=C(CO/N=C\c1ccc2c(c1)OCO2)Nc1ccc(F)c(Cl)c1. The molecule has 0 fully saturated rings. The van der Waals surface area contributed by atoms with Gasteiger partial charge in [0.1, 0.15) is 5.82 Å². The van der Waals surface area contributed by atoms with Crippen LogP contribution in [0, 0.1) is 5.82 Å². The fraction of sp³-hybridized carbons (Fsp3) is 0.125. The van der Waals surface area contributed by atoms with E-state index in [4.69, 9.17) is 25.9 Å². The number of nitrogens with one attached hydrogen (secondary N) is 1. The number of carbonyl (C=O) groups excluding carboxylic acids is 1. The molecular formula is C16H12ClFN2O4. The zero-order chi connectivity index (χ0) is 16.9. The second-order valence-electron chi connectivity index (χ2n) is 4.80. The number of ether oxygens (including phenoxy) is 2. The highest BCUT2D eigenvalue weighted by Crippen LogP contribution is 2.31. The molecule has 0 atom stereocenters. The van der Waals surface area contributed by atoms with Crippen LogP contribution in [0.4, 0.5) is 10.1 Å². The molecule has 2 aromatic carbocycles. The number of hydrogen-bond donors (Lipinski definition) is 1. The second kappa shape index (κ2) is 7.18. The monoisotopic (exact) mass is 350 g/mol. The minimum Gasteiger partial charge on any atom is -0.454 e. The van der Waals surface area contributed by atoms with Gasteiger partial charge < -0.3 is 19.6 Å². The molecular weight excluding hydrogens is 339 g/mol. The quantitative estimate of drug-likeness (QED) is 0.664. The first-order valence-electron chi connectivity index (χ1n) is 6.92. The largest absolute Gasteiger partial charge is 0.454 e. The predicted octanol–water partition coefficient (Wildman–Crippen LogP) is 3.20. The molecule has 124 valence electrons. The van der Waals surface area contributed by atoms with Gasteiger partial charge in [-0.25, -0.2) is 4.39 Å². The standard InChI is InChI=1S/C16H12ClFN2O4/c17-12-6-11(2-3-13(12)18)20-16(21)8-24-19-7-10-1-4-14-15(5-10)23-9-22-14/h1-7H,8-9H2,(H,20,21)/b19-7-. The lowest BCUT2D eigenvalue weighted by molar-refractivity contribution is -0.120. The topological polar surface area (TPSA) is 69.2 Å². The highest BCUT2D eigenvalue weighted by molar-refractivity contribution is 6.31. The Morgan fingerprint density at radius 2 is 2.12 bits per heavy atom. The number of anilines is 1. The van der Waals surface area contributed by atoms with Crippen molar-refractivity contribution in [2.75, 3.05) is 18.7 Å². The molecule has 0 aromatic heterocycles. The molecule has 0 aliphatic carbocycles. The summed E-state index contributed by atoms with van der Waals surface area (Å²) in [5.74, 6) is 0.301. The molecule has 1 amide bonds. The molecule has 24 heavy (non-hydrogen) atoms. The first-order chi connectivity index (χ1) is 11.6. The third-order valence-electron chi connectivity index (χ3n) is 3.07. The van der Waals surface area contributed by atoms with Gasteiger partial charge in [-0.05, 0) is 36.4 Å². The van der Waals surface area contributed by atoms with Gasteiger partial charge in [0.25, 0.3) is 5.91 Å². The minimum absolute atomic E-state index is 0.0745. The average molecular weight is 351 g/mol. The maximum Gasteiger partial charge on any atom is 0.265 e. The lowest BCUT2D eigenvalue weighted by Gasteiger charge is -2.05. The van der Waals surface area contributed by atoms with Gasteiger partial charge >= 0.3 is 0 Å². The van der Waals surface area contributed by atoms with Crippen LogP contribution in [-0.4, -0.2) is 25.5 Å². The Labute approximate surface area is 141 Å². The summed E-state index contributed by atoms with van der Waals surface area (Å²) < 4.78 is 23.5. The van der Waals surface area contributed by atoms with Crippen molar-refractivity contribution in [3.8, 4) is 11.5 Å². The summed E-state index contributed by atoms with van der Waals surface area (Å²) in [5.41, 5.74) is 1.11. The number of fused-ring (bicyclic) bond motifs is 1. The van der Waals surface area contributed by atoms with E-state index in [0.29, 0.717) is 17.2 Å². The fourth-order valence-corrected chi connectivity index (χ4v) is 2.14. The summed E-state index contributed by atoms with van der Waals surface area (Å²) in [6.07, 6.45) is 1.45. The number of rotatable bonds is 5. The van der Waals surface area contributed by atoms with E-state index >= 15 is 0 Å². The van der Waals surface area contributed by atoms with Crippen LogP contribution in [0.25, 0.3) is 0 Å². The summed E-state index contributed by atoms with van der Waals surface area (Å²) in [6, 6.07) is 9.15. The van der Waals surface area contributed by atoms with E-state index in [2.05, 4.69) is 10.5 Å². The zero-order valence-electron chi connectivity index (χ0n) is 12.3. The lowest BCUT2D eigenvalue weighted by Crippen LogP contribution is -2.17. The van der Waals surface area contributed by atoms with Crippen LogP contribution in [0.3, 0.4) is 0 Å². The van der Waals surface area contributed by atoms with E-state index in [0.717, 1.165) is 11.6 Å². The van der Waals surface area contributed by atoms with Crippen LogP contribution in [0.1, 0.15) is 5.56 Å². The van der Waals surface area contributed by atoms with Crippen LogP contribution >= 0.6 is 11.6 Å². The van der Waals surface area contributed by atoms with E-state index < -0.39 is 11.7 Å². The maximum atomic E-state index is 13.0. The Hall–Kier alpha value is -2.80. The van der Waals surface area contributed by atoms with Gasteiger partial charge in [0, 0.05) is 11.3 Å². The van der Waals surface area contributed by atoms with Crippen LogP contribution in [0.15, 0.2) is 41.6 Å². The van der Waals surface area contributed by atoms with Crippen molar-refractivity contribution in [1.29, 1.82) is 0 Å². The number of benzene rings is 2. The number of halogens is 2. The molecule has 1 aliphatic rings. The Morgan fingerprint density at radius 1 is 1.29 bits per heavy atom. The predicted molar refractivity (Wildman–Crippen MR) is 86.2 cm³/mol. The molecule has 0 saturated heterocycles. The smallest absolute Gasteiger partial charge is 0.265 e. The van der Waals surface area contributed by atoms with Crippen molar-refractivity contribution in [3.05, 3.63) is 52.8 Å². The number of hydrogen-bond acceptors (Lipinski definition) is 5. The summed E-state index contributed by atoms with van der Waals surface area (Å²) in [5, 5.41) is 6.15. The molecule has 0 spiro atoms. The van der Waals surface area contributed by atoms with Gasteiger partial charge in [-0.1, -0.05) is 16.8 Å². The molecule has 1 aliphatic heterocycles. The van der Waals surface area contributed by atoms with Crippen molar-refractivity contribution in [2.24, 2.45) is 5.16 Å². The summed E-state index contributed by atoms with van der Waals surface area (Å²) in [7, 11) is 0. The molecule has 6 nitrogen and oxygen atoms in total. The van der Waals surface area contributed by atoms with Crippen molar-refractivity contribution < 1.29 is 23.5 Å². The number of amides is 1. The summed E-state index contributed by atoms with van der Waals surface area (Å²) in [4.78, 5) is 16.6. The normalized spacial score (nSPS) is 12.4. The van der Waals surface area contributed by atoms with E-state index in [9.17, 15) is 9.18 Å². The Bertz CT molecular complexity index is 798. The van der Waals surface area contributed by atoms with Crippen LogP contribution in [-0.2, 0) is 9.63 Å². The first-order valence-corrected chi connectivity index (χ1v) is 7.29. The fourth-order valence-electron chi connectivity index (χ4n) is 1.96. The maximum absolute atomic E-state index is 13.0. The highest BCUT2D eigenvalue weighted by Gasteiger charge is 2.12. The van der Waals surface area contributed by atoms with Crippen molar-refractivity contribution >= 4 is 29.4 Å². The molecule has 2 aromatic rings. The average Bonchev–Trinajstić information content (AvgIpc) is 3.03. The van der Waals surface area contributed by atoms with Gasteiger partial charge in [-0.3, -0.25) is 4.79 Å². The molecule has 0 bridgehead atoms. The minimum atomic E-state index is -0.556. The van der Waals surface area contributed by atoms with Crippen LogP contribution < -0.4 is 14.8 Å².